The quantitative estimate of drug-likeness (QED) is 0.660. The summed E-state index contributed by atoms with van der Waals surface area (Å²) in [5, 5.41) is 9.13. The average molecular weight is 180 g/mol. The van der Waals surface area contributed by atoms with Gasteiger partial charge in [0.15, 0.2) is 0 Å². The average Bonchev–Trinajstić information content (AvgIpc) is 2.53. The van der Waals surface area contributed by atoms with Crippen LogP contribution in [-0.2, 0) is 9.59 Å². The number of carbonyl (C=O) groups excluding carboxylic acids is 1. The fourth-order valence-corrected chi connectivity index (χ4v) is 3.61. The molecule has 3 atom stereocenters. The van der Waals surface area contributed by atoms with Crippen molar-refractivity contribution >= 4 is 11.8 Å². The number of hydrogen-bond donors (Lipinski definition) is 1. The summed E-state index contributed by atoms with van der Waals surface area (Å²) >= 11 is 0. The maximum Gasteiger partial charge on any atom is 0.309 e. The number of fused-ring (bicyclic) bond motifs is 1. The van der Waals surface area contributed by atoms with Gasteiger partial charge in [-0.15, -0.1) is 0 Å². The summed E-state index contributed by atoms with van der Waals surface area (Å²) < 4.78 is 0. The molecule has 0 aromatic heterocycles. The lowest BCUT2D eigenvalue weighted by Crippen LogP contribution is -2.34. The van der Waals surface area contributed by atoms with E-state index in [1.54, 1.807) is 0 Å². The molecule has 3 saturated carbocycles. The van der Waals surface area contributed by atoms with E-state index in [-0.39, 0.29) is 11.3 Å². The molecule has 0 aromatic rings. The summed E-state index contributed by atoms with van der Waals surface area (Å²) in [6, 6.07) is 0. The van der Waals surface area contributed by atoms with Crippen LogP contribution in [0.2, 0.25) is 0 Å². The van der Waals surface area contributed by atoms with Gasteiger partial charge < -0.3 is 5.11 Å². The molecule has 3 nitrogen and oxygen atoms in total. The second kappa shape index (κ2) is 1.81. The minimum absolute atomic E-state index is 0.117. The van der Waals surface area contributed by atoms with E-state index in [1.807, 2.05) is 0 Å². The largest absolute Gasteiger partial charge is 0.481 e. The molecule has 13 heavy (non-hydrogen) atoms. The highest BCUT2D eigenvalue weighted by Crippen LogP contribution is 2.72. The number of carboxylic acid groups (broad SMARTS) is 1. The van der Waals surface area contributed by atoms with Crippen molar-refractivity contribution in [3.8, 4) is 0 Å². The summed E-state index contributed by atoms with van der Waals surface area (Å²) in [6.07, 6.45) is 3.92. The first-order valence-electron chi connectivity index (χ1n) is 4.89. The molecule has 3 aliphatic carbocycles. The molecule has 3 rings (SSSR count). The molecular weight excluding hydrogens is 168 g/mol. The third-order valence-corrected chi connectivity index (χ3v) is 4.37. The Labute approximate surface area is 76.1 Å². The highest BCUT2D eigenvalue weighted by molar-refractivity contribution is 6.06. The Morgan fingerprint density at radius 3 is 2.92 bits per heavy atom. The highest BCUT2D eigenvalue weighted by atomic mass is 16.4. The summed E-state index contributed by atoms with van der Waals surface area (Å²) in [5.41, 5.74) is -0.673. The van der Waals surface area contributed by atoms with E-state index in [0.29, 0.717) is 18.6 Å². The van der Waals surface area contributed by atoms with Gasteiger partial charge in [0.05, 0.1) is 5.41 Å². The lowest BCUT2D eigenvalue weighted by atomic mass is 9.71. The first-order chi connectivity index (χ1) is 6.11. The van der Waals surface area contributed by atoms with Crippen LogP contribution in [0.4, 0.5) is 0 Å². The second-order valence-electron chi connectivity index (χ2n) is 4.89. The monoisotopic (exact) mass is 180 g/mol. The van der Waals surface area contributed by atoms with Gasteiger partial charge in [-0.05, 0) is 25.7 Å². The molecule has 0 radical (unpaired) electrons. The molecule has 70 valence electrons. The van der Waals surface area contributed by atoms with E-state index >= 15 is 0 Å². The van der Waals surface area contributed by atoms with E-state index in [0.717, 1.165) is 19.3 Å². The molecule has 3 unspecified atom stereocenters. The summed E-state index contributed by atoms with van der Waals surface area (Å²) in [7, 11) is 0. The van der Waals surface area contributed by atoms with Crippen molar-refractivity contribution in [2.75, 3.05) is 0 Å². The van der Waals surface area contributed by atoms with E-state index < -0.39 is 11.4 Å². The van der Waals surface area contributed by atoms with Gasteiger partial charge >= 0.3 is 5.97 Å². The van der Waals surface area contributed by atoms with Gasteiger partial charge in [-0.25, -0.2) is 0 Å². The number of carbonyl (C=O) groups is 2. The van der Waals surface area contributed by atoms with E-state index in [1.165, 1.54) is 0 Å². The van der Waals surface area contributed by atoms with Crippen molar-refractivity contribution in [1.29, 1.82) is 0 Å². The lowest BCUT2D eigenvalue weighted by molar-refractivity contribution is -0.151. The Morgan fingerprint density at radius 1 is 1.46 bits per heavy atom. The predicted octanol–water partition coefficient (Wildman–Crippen LogP) is 1.22. The zero-order chi connectivity index (χ0) is 9.27. The van der Waals surface area contributed by atoms with Gasteiger partial charge in [-0.3, -0.25) is 9.59 Å². The molecule has 0 saturated heterocycles. The van der Waals surface area contributed by atoms with Crippen molar-refractivity contribution in [2.24, 2.45) is 16.7 Å². The van der Waals surface area contributed by atoms with Crippen LogP contribution >= 0.6 is 0 Å². The van der Waals surface area contributed by atoms with Crippen LogP contribution in [-0.4, -0.2) is 16.9 Å². The van der Waals surface area contributed by atoms with Crippen LogP contribution in [0.15, 0.2) is 0 Å². The molecule has 0 amide bonds. The second-order valence-corrected chi connectivity index (χ2v) is 4.89. The minimum Gasteiger partial charge on any atom is -0.481 e. The molecule has 2 bridgehead atoms. The van der Waals surface area contributed by atoms with Crippen LogP contribution in [0.5, 0.6) is 0 Å². The Kier molecular flexibility index (Phi) is 1.05. The summed E-state index contributed by atoms with van der Waals surface area (Å²) in [5.74, 6) is -0.207. The Balaban J connectivity index is 1.99. The van der Waals surface area contributed by atoms with Gasteiger partial charge in [-0.1, -0.05) is 6.42 Å². The van der Waals surface area contributed by atoms with Crippen molar-refractivity contribution < 1.29 is 14.7 Å². The maximum absolute atomic E-state index is 11.4. The van der Waals surface area contributed by atoms with Crippen molar-refractivity contribution in [2.45, 2.75) is 32.1 Å². The lowest BCUT2D eigenvalue weighted by Gasteiger charge is -2.31. The molecule has 3 aliphatic rings. The Hall–Kier alpha value is -0.860. The molecule has 1 spiro atoms. The topological polar surface area (TPSA) is 54.4 Å². The van der Waals surface area contributed by atoms with E-state index in [2.05, 4.69) is 0 Å². The highest BCUT2D eigenvalue weighted by Gasteiger charge is 2.75. The van der Waals surface area contributed by atoms with Crippen LogP contribution < -0.4 is 0 Å². The zero-order valence-electron chi connectivity index (χ0n) is 7.38. The minimum atomic E-state index is -0.674. The van der Waals surface area contributed by atoms with Crippen molar-refractivity contribution in [3.05, 3.63) is 0 Å². The number of hydrogen-bond acceptors (Lipinski definition) is 2. The predicted molar refractivity (Wildman–Crippen MR) is 44.1 cm³/mol. The molecule has 0 heterocycles. The van der Waals surface area contributed by atoms with Gasteiger partial charge in [0.25, 0.3) is 0 Å². The molecular formula is C10H12O3. The molecule has 3 fully saturated rings. The Morgan fingerprint density at radius 2 is 2.23 bits per heavy atom. The summed E-state index contributed by atoms with van der Waals surface area (Å²) in [6.45, 7) is 0. The van der Waals surface area contributed by atoms with Crippen LogP contribution in [0.1, 0.15) is 32.1 Å². The molecule has 0 aliphatic heterocycles. The smallest absolute Gasteiger partial charge is 0.309 e. The molecule has 3 heteroatoms. The number of Topliss-reactive ketones (excluding diaryl/α,β-unsaturated/α-hetero) is 1. The van der Waals surface area contributed by atoms with E-state index in [4.69, 9.17) is 5.11 Å². The zero-order valence-corrected chi connectivity index (χ0v) is 7.38. The van der Waals surface area contributed by atoms with Gasteiger partial charge in [0, 0.05) is 11.3 Å². The van der Waals surface area contributed by atoms with Crippen LogP contribution in [0, 0.1) is 16.7 Å². The molecule has 0 aromatic carbocycles. The number of aliphatic carboxylic acids is 1. The number of rotatable bonds is 1. The first-order valence-corrected chi connectivity index (χ1v) is 4.89. The SMILES string of the molecule is O=C(O)C12CCCC3(C1)C(=O)C3C2. The van der Waals surface area contributed by atoms with Crippen molar-refractivity contribution in [3.63, 3.8) is 0 Å². The van der Waals surface area contributed by atoms with Gasteiger partial charge in [0.1, 0.15) is 5.78 Å². The van der Waals surface area contributed by atoms with Gasteiger partial charge in [0.2, 0.25) is 0 Å². The normalized spacial score (nSPS) is 51.7. The third-order valence-electron chi connectivity index (χ3n) is 4.37. The van der Waals surface area contributed by atoms with Gasteiger partial charge in [-0.2, -0.15) is 0 Å². The third kappa shape index (κ3) is 0.640. The molecule has 1 N–H and O–H groups in total. The van der Waals surface area contributed by atoms with Crippen LogP contribution in [0.3, 0.4) is 0 Å². The summed E-state index contributed by atoms with van der Waals surface area (Å²) in [4.78, 5) is 22.5. The number of carboxylic acids is 1. The Bertz CT molecular complexity index is 322. The fourth-order valence-electron chi connectivity index (χ4n) is 3.61. The van der Waals surface area contributed by atoms with Crippen molar-refractivity contribution in [1.82, 2.24) is 0 Å². The van der Waals surface area contributed by atoms with E-state index in [9.17, 15) is 9.59 Å². The first kappa shape index (κ1) is 7.54. The standard InChI is InChI=1S/C10H12O3/c11-7-6-4-9(8(12)13)2-1-3-10(6,7)5-9/h6H,1-5H2,(H,12,13). The maximum atomic E-state index is 11.4. The van der Waals surface area contributed by atoms with Crippen LogP contribution in [0.25, 0.3) is 0 Å². The fraction of sp³-hybridized carbons (Fsp3) is 0.800. The number of ketones is 1.